The van der Waals surface area contributed by atoms with Gasteiger partial charge in [-0.05, 0) is 18.9 Å². The zero-order valence-electron chi connectivity index (χ0n) is 16.8. The van der Waals surface area contributed by atoms with Crippen molar-refractivity contribution < 1.29 is 0 Å². The van der Waals surface area contributed by atoms with E-state index in [9.17, 15) is 9.59 Å². The lowest BCUT2D eigenvalue weighted by Gasteiger charge is -2.08. The van der Waals surface area contributed by atoms with Crippen molar-refractivity contribution in [2.24, 2.45) is 0 Å². The monoisotopic (exact) mass is 442 g/mol. The summed E-state index contributed by atoms with van der Waals surface area (Å²) in [6.07, 6.45) is 1.90. The lowest BCUT2D eigenvalue weighted by Crippen LogP contribution is -2.31. The van der Waals surface area contributed by atoms with Crippen LogP contribution in [0, 0.1) is 6.92 Å². The molecule has 0 unspecified atom stereocenters. The average Bonchev–Trinajstić information content (AvgIpc) is 3.32. The minimum atomic E-state index is -0.449. The predicted octanol–water partition coefficient (Wildman–Crippen LogP) is 3.19. The first-order valence-electron chi connectivity index (χ1n) is 9.76. The third-order valence-electron chi connectivity index (χ3n) is 4.72. The van der Waals surface area contributed by atoms with Crippen LogP contribution in [-0.4, -0.2) is 29.3 Å². The van der Waals surface area contributed by atoms with E-state index < -0.39 is 11.2 Å². The van der Waals surface area contributed by atoms with Crippen molar-refractivity contribution in [1.82, 2.24) is 29.3 Å². The second-order valence-electron chi connectivity index (χ2n) is 6.91. The smallest absolute Gasteiger partial charge is 0.321 e. The average molecular weight is 443 g/mol. The number of rotatable bonds is 8. The summed E-state index contributed by atoms with van der Waals surface area (Å²) in [5.74, 6) is 1.31. The molecular weight excluding hydrogens is 420 g/mol. The molecule has 0 amide bonds. The quantitative estimate of drug-likeness (QED) is 0.421. The molecular formula is C20H22N6O2S2. The Morgan fingerprint density at radius 3 is 2.63 bits per heavy atom. The molecule has 0 bridgehead atoms. The van der Waals surface area contributed by atoms with Crippen LogP contribution in [0.1, 0.15) is 36.2 Å². The van der Waals surface area contributed by atoms with E-state index in [0.29, 0.717) is 30.0 Å². The molecule has 0 aliphatic heterocycles. The van der Waals surface area contributed by atoms with Gasteiger partial charge in [-0.1, -0.05) is 66.8 Å². The Kier molecular flexibility index (Phi) is 6.14. The van der Waals surface area contributed by atoms with Crippen LogP contribution in [0.15, 0.2) is 44.3 Å². The van der Waals surface area contributed by atoms with Crippen LogP contribution in [0.2, 0.25) is 0 Å². The molecule has 1 N–H and O–H groups in total. The van der Waals surface area contributed by atoms with Crippen molar-refractivity contribution in [3.63, 3.8) is 0 Å². The standard InChI is InChI=1S/C20H22N6O2S2/c1-3-4-10-25-15(12-29-20-24-23-13(2)30-20)21-17-16(25)18(27)22-19(28)26(17)11-14-8-6-5-7-9-14/h5-9H,3-4,10-12H2,1-2H3,(H,22,27,28). The molecule has 0 fully saturated rings. The molecule has 0 saturated carbocycles. The molecule has 0 saturated heterocycles. The summed E-state index contributed by atoms with van der Waals surface area (Å²) in [6.45, 7) is 5.04. The number of imidazole rings is 1. The van der Waals surface area contributed by atoms with Gasteiger partial charge in [-0.25, -0.2) is 9.78 Å². The minimum absolute atomic E-state index is 0.347. The van der Waals surface area contributed by atoms with Crippen molar-refractivity contribution in [2.45, 2.75) is 49.9 Å². The van der Waals surface area contributed by atoms with E-state index in [-0.39, 0.29) is 0 Å². The highest BCUT2D eigenvalue weighted by atomic mass is 32.2. The van der Waals surface area contributed by atoms with E-state index >= 15 is 0 Å². The second-order valence-corrected chi connectivity index (χ2v) is 9.32. The van der Waals surface area contributed by atoms with E-state index in [2.05, 4.69) is 22.1 Å². The minimum Gasteiger partial charge on any atom is -0.321 e. The summed E-state index contributed by atoms with van der Waals surface area (Å²) in [5, 5.41) is 9.11. The van der Waals surface area contributed by atoms with Gasteiger partial charge in [-0.3, -0.25) is 14.3 Å². The molecule has 3 aromatic heterocycles. The summed E-state index contributed by atoms with van der Waals surface area (Å²) in [5.41, 5.74) is 0.994. The van der Waals surface area contributed by atoms with Crippen molar-refractivity contribution in [3.05, 3.63) is 67.6 Å². The number of thioether (sulfide) groups is 1. The Labute approximate surface area is 181 Å². The molecule has 10 heteroatoms. The predicted molar refractivity (Wildman–Crippen MR) is 119 cm³/mol. The first-order chi connectivity index (χ1) is 14.6. The van der Waals surface area contributed by atoms with E-state index in [1.54, 1.807) is 0 Å². The summed E-state index contributed by atoms with van der Waals surface area (Å²) in [4.78, 5) is 32.6. The Morgan fingerprint density at radius 2 is 1.93 bits per heavy atom. The van der Waals surface area contributed by atoms with Gasteiger partial charge in [0, 0.05) is 6.54 Å². The van der Waals surface area contributed by atoms with E-state index in [1.807, 2.05) is 41.8 Å². The molecule has 8 nitrogen and oxygen atoms in total. The number of nitrogens with one attached hydrogen (secondary N) is 1. The van der Waals surface area contributed by atoms with Crippen molar-refractivity contribution in [2.75, 3.05) is 0 Å². The number of aromatic amines is 1. The fraction of sp³-hybridized carbons (Fsp3) is 0.350. The molecule has 0 aliphatic carbocycles. The largest absolute Gasteiger partial charge is 0.330 e. The number of benzene rings is 1. The third kappa shape index (κ3) is 4.24. The van der Waals surface area contributed by atoms with Gasteiger partial charge >= 0.3 is 5.69 Å². The Balaban J connectivity index is 1.80. The van der Waals surface area contributed by atoms with Gasteiger partial charge < -0.3 is 4.57 Å². The van der Waals surface area contributed by atoms with Gasteiger partial charge in [0.2, 0.25) is 0 Å². The fourth-order valence-electron chi connectivity index (χ4n) is 3.26. The molecule has 0 spiro atoms. The molecule has 156 valence electrons. The van der Waals surface area contributed by atoms with Gasteiger partial charge in [0.15, 0.2) is 15.5 Å². The van der Waals surface area contributed by atoms with E-state index in [0.717, 1.165) is 33.6 Å². The molecule has 1 aromatic carbocycles. The zero-order valence-corrected chi connectivity index (χ0v) is 18.4. The number of nitrogens with zero attached hydrogens (tertiary/aromatic N) is 5. The van der Waals surface area contributed by atoms with Gasteiger partial charge in [-0.15, -0.1) is 10.2 Å². The zero-order chi connectivity index (χ0) is 21.1. The molecule has 0 atom stereocenters. The number of fused-ring (bicyclic) bond motifs is 1. The van der Waals surface area contributed by atoms with Crippen LogP contribution >= 0.6 is 23.1 Å². The summed E-state index contributed by atoms with van der Waals surface area (Å²) < 4.78 is 4.34. The number of H-pyrrole nitrogens is 1. The van der Waals surface area contributed by atoms with Gasteiger partial charge in [0.25, 0.3) is 5.56 Å². The topological polar surface area (TPSA) is 98.5 Å². The first kappa shape index (κ1) is 20.5. The normalized spacial score (nSPS) is 11.4. The van der Waals surface area contributed by atoms with Crippen molar-refractivity contribution in [3.8, 4) is 0 Å². The van der Waals surface area contributed by atoms with Gasteiger partial charge in [-0.2, -0.15) is 0 Å². The Hall–Kier alpha value is -2.72. The lowest BCUT2D eigenvalue weighted by atomic mass is 10.2. The highest BCUT2D eigenvalue weighted by Crippen LogP contribution is 2.26. The molecule has 0 radical (unpaired) electrons. The van der Waals surface area contributed by atoms with Crippen LogP contribution in [0.4, 0.5) is 0 Å². The van der Waals surface area contributed by atoms with E-state index in [1.165, 1.54) is 27.7 Å². The summed E-state index contributed by atoms with van der Waals surface area (Å²) in [7, 11) is 0. The van der Waals surface area contributed by atoms with Crippen LogP contribution in [0.3, 0.4) is 0 Å². The van der Waals surface area contributed by atoms with Crippen LogP contribution in [0.5, 0.6) is 0 Å². The number of hydrogen-bond acceptors (Lipinski definition) is 7. The molecule has 4 aromatic rings. The van der Waals surface area contributed by atoms with Crippen LogP contribution in [-0.2, 0) is 18.8 Å². The molecule has 0 aliphatic rings. The van der Waals surface area contributed by atoms with E-state index in [4.69, 9.17) is 4.98 Å². The molecule has 4 rings (SSSR count). The SMILES string of the molecule is CCCCn1c(CSc2nnc(C)s2)nc2c1c(=O)[nH]c(=O)n2Cc1ccccc1. The summed E-state index contributed by atoms with van der Waals surface area (Å²) >= 11 is 3.07. The van der Waals surface area contributed by atoms with Gasteiger partial charge in [0.05, 0.1) is 12.3 Å². The fourth-order valence-corrected chi connectivity index (χ4v) is 5.02. The van der Waals surface area contributed by atoms with Crippen LogP contribution in [0.25, 0.3) is 11.2 Å². The van der Waals surface area contributed by atoms with Crippen LogP contribution < -0.4 is 11.2 Å². The lowest BCUT2D eigenvalue weighted by molar-refractivity contribution is 0.626. The highest BCUT2D eigenvalue weighted by molar-refractivity contribution is 8.00. The summed E-state index contributed by atoms with van der Waals surface area (Å²) in [6, 6.07) is 9.68. The first-order valence-corrected chi connectivity index (χ1v) is 11.6. The second kappa shape index (κ2) is 8.97. The number of unbranched alkanes of at least 4 members (excludes halogenated alkanes) is 1. The maximum Gasteiger partial charge on any atom is 0.330 e. The van der Waals surface area contributed by atoms with Crippen molar-refractivity contribution >= 4 is 34.3 Å². The number of hydrogen-bond donors (Lipinski definition) is 1. The van der Waals surface area contributed by atoms with Gasteiger partial charge in [0.1, 0.15) is 10.8 Å². The maximum absolute atomic E-state index is 12.7. The molecule has 30 heavy (non-hydrogen) atoms. The third-order valence-corrected chi connectivity index (χ3v) is 6.68. The highest BCUT2D eigenvalue weighted by Gasteiger charge is 2.19. The Bertz CT molecular complexity index is 1270. The molecule has 3 heterocycles. The van der Waals surface area contributed by atoms with Crippen molar-refractivity contribution in [1.29, 1.82) is 0 Å². The Morgan fingerprint density at radius 1 is 1.13 bits per heavy atom. The maximum atomic E-state index is 12.7. The number of aryl methyl sites for hydroxylation is 2. The number of aromatic nitrogens is 6.